The van der Waals surface area contributed by atoms with Gasteiger partial charge in [-0.15, -0.1) is 17.8 Å². The zero-order chi connectivity index (χ0) is 31.7. The Balaban J connectivity index is 1.26. The van der Waals surface area contributed by atoms with Crippen molar-refractivity contribution in [2.24, 2.45) is 0 Å². The number of quaternary nitrogens is 1. The molecule has 0 atom stereocenters. The lowest BCUT2D eigenvalue weighted by atomic mass is 10.1. The molecule has 0 spiro atoms. The Hall–Kier alpha value is -4.79. The Labute approximate surface area is 246 Å². The number of alkyl halides is 6. The second-order valence-electron chi connectivity index (χ2n) is 10.3. The molecule has 3 heterocycles. The molecule has 232 valence electrons. The van der Waals surface area contributed by atoms with Crippen molar-refractivity contribution in [1.82, 2.24) is 9.72 Å². The molecule has 1 aliphatic heterocycles. The smallest absolute Gasteiger partial charge is 0.406 e. The first-order valence-electron chi connectivity index (χ1n) is 13.2. The SMILES string of the molecule is C[N+]1(OC(=O)C(F)(F)F)CCN(c2cccc(Cn3cc(-c4cc(-c5ccc(OC(F)(F)F)cc5)on4)ccc3=O)c2)CC1. The predicted molar refractivity (Wildman–Crippen MR) is 144 cm³/mol. The molecular weight excluding hydrogens is 598 g/mol. The van der Waals surface area contributed by atoms with Gasteiger partial charge >= 0.3 is 18.5 Å². The van der Waals surface area contributed by atoms with Crippen LogP contribution in [0.4, 0.5) is 32.0 Å². The number of benzene rings is 2. The number of likely N-dealkylation sites (N-methyl/N-ethyl adjacent to an activating group) is 1. The zero-order valence-corrected chi connectivity index (χ0v) is 23.1. The number of pyridine rings is 1. The molecule has 9 nitrogen and oxygen atoms in total. The second-order valence-corrected chi connectivity index (χ2v) is 10.3. The van der Waals surface area contributed by atoms with E-state index >= 15 is 0 Å². The van der Waals surface area contributed by atoms with Crippen molar-refractivity contribution in [1.29, 1.82) is 0 Å². The number of aromatic nitrogens is 2. The first-order valence-corrected chi connectivity index (χ1v) is 13.2. The van der Waals surface area contributed by atoms with Gasteiger partial charge in [0.05, 0.1) is 19.6 Å². The van der Waals surface area contributed by atoms with Crippen LogP contribution in [-0.4, -0.2) is 66.1 Å². The van der Waals surface area contributed by atoms with Gasteiger partial charge in [-0.1, -0.05) is 17.3 Å². The highest BCUT2D eigenvalue weighted by atomic mass is 19.4. The average Bonchev–Trinajstić information content (AvgIpc) is 3.44. The van der Waals surface area contributed by atoms with Crippen molar-refractivity contribution in [2.75, 3.05) is 38.1 Å². The topological polar surface area (TPSA) is 86.8 Å². The van der Waals surface area contributed by atoms with Gasteiger partial charge in [-0.2, -0.15) is 13.2 Å². The molecule has 2 aromatic carbocycles. The van der Waals surface area contributed by atoms with Gasteiger partial charge in [0.15, 0.2) is 5.76 Å². The summed E-state index contributed by atoms with van der Waals surface area (Å²) in [5.74, 6) is -2.30. The number of piperazine rings is 1. The van der Waals surface area contributed by atoms with Crippen LogP contribution >= 0.6 is 0 Å². The second kappa shape index (κ2) is 11.7. The van der Waals surface area contributed by atoms with E-state index in [0.717, 1.165) is 23.4 Å². The molecule has 44 heavy (non-hydrogen) atoms. The maximum Gasteiger partial charge on any atom is 0.573 e. The van der Waals surface area contributed by atoms with Crippen LogP contribution in [0.3, 0.4) is 0 Å². The highest BCUT2D eigenvalue weighted by Crippen LogP contribution is 2.29. The summed E-state index contributed by atoms with van der Waals surface area (Å²) in [6.45, 7) is 1.19. The first kappa shape index (κ1) is 30.7. The molecule has 0 unspecified atom stereocenters. The summed E-state index contributed by atoms with van der Waals surface area (Å²) in [5.41, 5.74) is 2.75. The molecule has 0 aliphatic carbocycles. The van der Waals surface area contributed by atoms with Gasteiger partial charge in [0.1, 0.15) is 31.6 Å². The van der Waals surface area contributed by atoms with Gasteiger partial charge in [-0.05, 0) is 48.0 Å². The van der Waals surface area contributed by atoms with Crippen molar-refractivity contribution < 1.29 is 49.9 Å². The van der Waals surface area contributed by atoms with Gasteiger partial charge in [0.2, 0.25) is 0 Å². The van der Waals surface area contributed by atoms with Gasteiger partial charge in [-0.25, -0.2) is 4.79 Å². The highest BCUT2D eigenvalue weighted by molar-refractivity contribution is 5.75. The molecule has 0 N–H and O–H groups in total. The molecule has 4 aromatic rings. The van der Waals surface area contributed by atoms with Crippen LogP contribution in [-0.2, 0) is 16.2 Å². The Morgan fingerprint density at radius 2 is 1.64 bits per heavy atom. The summed E-state index contributed by atoms with van der Waals surface area (Å²) < 4.78 is 85.5. The Morgan fingerprint density at radius 3 is 2.30 bits per heavy atom. The summed E-state index contributed by atoms with van der Waals surface area (Å²) in [7, 11) is 1.43. The molecule has 1 aliphatic rings. The predicted octanol–water partition coefficient (Wildman–Crippen LogP) is 5.40. The number of nitrogens with zero attached hydrogens (tertiary/aromatic N) is 4. The minimum atomic E-state index is -5.07. The summed E-state index contributed by atoms with van der Waals surface area (Å²) in [5, 5.41) is 4.04. The normalized spacial score (nSPS) is 15.2. The number of hydroxylamine groups is 3. The van der Waals surface area contributed by atoms with Crippen LogP contribution in [0, 0.1) is 0 Å². The largest absolute Gasteiger partial charge is 0.573 e. The average molecular weight is 624 g/mol. The summed E-state index contributed by atoms with van der Waals surface area (Å²) in [4.78, 5) is 30.6. The van der Waals surface area contributed by atoms with Crippen LogP contribution < -0.4 is 15.2 Å². The van der Waals surface area contributed by atoms with Crippen LogP contribution in [0.15, 0.2) is 82.2 Å². The Morgan fingerprint density at radius 1 is 0.955 bits per heavy atom. The number of carbonyl (C=O) groups excluding carboxylic acids is 1. The summed E-state index contributed by atoms with van der Waals surface area (Å²) in [6, 6.07) is 17.0. The molecule has 0 amide bonds. The van der Waals surface area contributed by atoms with Crippen LogP contribution in [0.1, 0.15) is 5.56 Å². The fourth-order valence-electron chi connectivity index (χ4n) is 4.71. The molecule has 0 radical (unpaired) electrons. The number of hydrogen-bond acceptors (Lipinski definition) is 7. The third-order valence-corrected chi connectivity index (χ3v) is 7.01. The van der Waals surface area contributed by atoms with Crippen LogP contribution in [0.2, 0.25) is 0 Å². The molecule has 2 aromatic heterocycles. The lowest BCUT2D eigenvalue weighted by molar-refractivity contribution is -1.08. The molecule has 0 saturated carbocycles. The quantitative estimate of drug-likeness (QED) is 0.201. The van der Waals surface area contributed by atoms with Crippen molar-refractivity contribution in [2.45, 2.75) is 19.1 Å². The summed E-state index contributed by atoms with van der Waals surface area (Å²) in [6.07, 6.45) is -8.26. The monoisotopic (exact) mass is 623 g/mol. The van der Waals surface area contributed by atoms with Gasteiger partial charge in [0.25, 0.3) is 5.56 Å². The third-order valence-electron chi connectivity index (χ3n) is 7.01. The molecule has 1 fully saturated rings. The van der Waals surface area contributed by atoms with E-state index in [0.29, 0.717) is 35.7 Å². The summed E-state index contributed by atoms with van der Waals surface area (Å²) >= 11 is 0. The lowest BCUT2D eigenvalue weighted by Gasteiger charge is -2.39. The Kier molecular flexibility index (Phi) is 8.16. The highest BCUT2D eigenvalue weighted by Gasteiger charge is 2.47. The lowest BCUT2D eigenvalue weighted by Crippen LogP contribution is -2.59. The number of halogens is 6. The fourth-order valence-corrected chi connectivity index (χ4v) is 4.71. The first-order chi connectivity index (χ1) is 20.7. The molecular formula is C29H25F6N4O5+. The molecule has 0 bridgehead atoms. The van der Waals surface area contributed by atoms with Gasteiger partial charge in [-0.3, -0.25) is 9.63 Å². The molecule has 1 saturated heterocycles. The van der Waals surface area contributed by atoms with Crippen LogP contribution in [0.5, 0.6) is 5.75 Å². The maximum absolute atomic E-state index is 12.7. The van der Waals surface area contributed by atoms with Gasteiger partial charge < -0.3 is 18.7 Å². The van der Waals surface area contributed by atoms with Crippen LogP contribution in [0.25, 0.3) is 22.6 Å². The minimum absolute atomic E-state index is 0.152. The number of carbonyl (C=O) groups is 1. The van der Waals surface area contributed by atoms with E-state index in [9.17, 15) is 35.9 Å². The maximum atomic E-state index is 12.7. The van der Waals surface area contributed by atoms with E-state index < -0.39 is 23.2 Å². The van der Waals surface area contributed by atoms with Crippen molar-refractivity contribution in [3.63, 3.8) is 0 Å². The minimum Gasteiger partial charge on any atom is -0.406 e. The van der Waals surface area contributed by atoms with E-state index in [4.69, 9.17) is 9.36 Å². The van der Waals surface area contributed by atoms with E-state index in [1.54, 1.807) is 24.4 Å². The Bertz CT molecular complexity index is 1690. The molecule has 15 heteroatoms. The fraction of sp³-hybridized carbons (Fsp3) is 0.276. The van der Waals surface area contributed by atoms with Gasteiger partial charge in [0, 0.05) is 35.1 Å². The van der Waals surface area contributed by atoms with E-state index in [-0.39, 0.29) is 30.9 Å². The zero-order valence-electron chi connectivity index (χ0n) is 23.1. The van der Waals surface area contributed by atoms with E-state index in [1.807, 2.05) is 23.1 Å². The number of hydrogen-bond donors (Lipinski definition) is 0. The van der Waals surface area contributed by atoms with Crippen molar-refractivity contribution >= 4 is 11.7 Å². The van der Waals surface area contributed by atoms with Crippen molar-refractivity contribution in [3.05, 3.63) is 88.8 Å². The number of rotatable bonds is 7. The third kappa shape index (κ3) is 7.40. The van der Waals surface area contributed by atoms with Crippen molar-refractivity contribution in [3.8, 4) is 28.3 Å². The molecule has 5 rings (SSSR count). The van der Waals surface area contributed by atoms with E-state index in [2.05, 4.69) is 9.89 Å². The van der Waals surface area contributed by atoms with E-state index in [1.165, 1.54) is 29.8 Å². The number of ether oxygens (including phenoxy) is 1. The standard InChI is InChI=1S/C29H25F6N4O5/c1-39(44-27(41)28(30,31)32)13-11-37(12-14-39)22-4-2-3-19(15-22)17-38-18-21(7-10-26(38)40)24-16-25(43-36-24)20-5-8-23(9-6-20)42-29(33,34)35/h2-10,15-16,18H,11-14,17H2,1H3/q+1. The number of anilines is 1.